The third kappa shape index (κ3) is 6.53. The maximum absolute atomic E-state index is 13.4. The van der Waals surface area contributed by atoms with Crippen LogP contribution in [-0.2, 0) is 22.4 Å². The van der Waals surface area contributed by atoms with Crippen molar-refractivity contribution < 1.29 is 24.6 Å². The predicted octanol–water partition coefficient (Wildman–Crippen LogP) is 3.17. The zero-order chi connectivity index (χ0) is 29.9. The van der Waals surface area contributed by atoms with Gasteiger partial charge in [-0.25, -0.2) is 4.79 Å². The number of hydrogen-bond donors (Lipinski definition) is 8. The monoisotopic (exact) mass is 604 g/mol. The Labute approximate surface area is 252 Å². The Morgan fingerprint density at radius 3 is 2.40 bits per heavy atom. The first-order valence-electron chi connectivity index (χ1n) is 14.7. The zero-order valence-corrected chi connectivity index (χ0v) is 24.4. The summed E-state index contributed by atoms with van der Waals surface area (Å²) in [4.78, 5) is 44.4. The van der Waals surface area contributed by atoms with Gasteiger partial charge in [0.25, 0.3) is 0 Å². The molecule has 2 aromatic carbocycles. The Kier molecular flexibility index (Phi) is 8.37. The number of urea groups is 1. The number of carbonyl (C=O) groups excluding carboxylic acids is 3. The van der Waals surface area contributed by atoms with Gasteiger partial charge in [-0.15, -0.1) is 0 Å². The summed E-state index contributed by atoms with van der Waals surface area (Å²) in [5.41, 5.74) is 3.53. The summed E-state index contributed by atoms with van der Waals surface area (Å²) < 4.78 is 0. The van der Waals surface area contributed by atoms with Crippen LogP contribution in [0.3, 0.4) is 0 Å². The average Bonchev–Trinajstić information content (AvgIpc) is 3.75. The summed E-state index contributed by atoms with van der Waals surface area (Å²) in [5.74, 6) is 0.729. The van der Waals surface area contributed by atoms with Crippen molar-refractivity contribution >= 4 is 51.4 Å². The third-order valence-corrected chi connectivity index (χ3v) is 9.86. The molecule has 0 saturated carbocycles. The van der Waals surface area contributed by atoms with Gasteiger partial charge in [-0.2, -0.15) is 11.8 Å². The number of hydrogen-bond acceptors (Lipinski definition) is 6. The minimum Gasteiger partial charge on any atom is -0.508 e. The lowest BCUT2D eigenvalue weighted by Gasteiger charge is -2.19. The van der Waals surface area contributed by atoms with Gasteiger partial charge in [-0.1, -0.05) is 6.42 Å². The number of benzene rings is 2. The number of aromatic hydroxyl groups is 2. The molecule has 0 unspecified atom stereocenters. The van der Waals surface area contributed by atoms with E-state index in [-0.39, 0.29) is 47.8 Å². The molecule has 4 amide bonds. The first-order valence-corrected chi connectivity index (χ1v) is 15.7. The number of phenolic OH excluding ortho intramolecular Hbond substituents is 2. The lowest BCUT2D eigenvalue weighted by atomic mass is 10.0. The smallest absolute Gasteiger partial charge is 0.315 e. The van der Waals surface area contributed by atoms with Crippen LogP contribution in [0.2, 0.25) is 0 Å². The van der Waals surface area contributed by atoms with Crippen LogP contribution in [-0.4, -0.2) is 73.7 Å². The quantitative estimate of drug-likeness (QED) is 0.0912. The molecule has 0 bridgehead atoms. The maximum atomic E-state index is 13.4. The van der Waals surface area contributed by atoms with E-state index >= 15 is 0 Å². The largest absolute Gasteiger partial charge is 0.508 e. The molecule has 8 N–H and O–H groups in total. The Bertz CT molecular complexity index is 1650. The molecule has 4 heterocycles. The van der Waals surface area contributed by atoms with Crippen molar-refractivity contribution in [1.29, 1.82) is 0 Å². The molecule has 0 aliphatic carbocycles. The molecule has 12 heteroatoms. The third-order valence-electron chi connectivity index (χ3n) is 8.35. The predicted molar refractivity (Wildman–Crippen MR) is 166 cm³/mol. The fourth-order valence-electron chi connectivity index (χ4n) is 6.12. The van der Waals surface area contributed by atoms with Crippen molar-refractivity contribution in [1.82, 2.24) is 31.2 Å². The van der Waals surface area contributed by atoms with E-state index in [2.05, 4.69) is 31.2 Å². The standard InChI is InChI=1S/C31H36N6O5S/c38-19-5-7-23-21(12-19)17(14-33-23)9-10-32-30(41)25(11-18-15-34-24-8-6-20(39)13-22(18)24)35-28(40)4-2-1-3-27-29-26(16-43-27)36-31(42)37-29/h5-8,12-15,25-27,29,33-34,38-39H,1-4,9-11,16H2,(H,32,41)(H,35,40)(H2,36,37,42)/t25-,26-,27-,29-/m0/s1. The van der Waals surface area contributed by atoms with Crippen molar-refractivity contribution in [2.24, 2.45) is 0 Å². The Hall–Kier alpha value is -4.32. The van der Waals surface area contributed by atoms with E-state index in [1.54, 1.807) is 36.5 Å². The number of nitrogens with one attached hydrogen (secondary N) is 6. The highest BCUT2D eigenvalue weighted by molar-refractivity contribution is 8.00. The number of unbranched alkanes of at least 4 members (excludes halogenated alkanes) is 1. The fraction of sp³-hybridized carbons (Fsp3) is 0.387. The summed E-state index contributed by atoms with van der Waals surface area (Å²) in [6, 6.07) is 9.58. The van der Waals surface area contributed by atoms with Crippen molar-refractivity contribution in [3.8, 4) is 11.5 Å². The number of aromatic nitrogens is 2. The number of fused-ring (bicyclic) bond motifs is 3. The van der Waals surface area contributed by atoms with Crippen molar-refractivity contribution in [3.05, 3.63) is 59.9 Å². The van der Waals surface area contributed by atoms with E-state index in [9.17, 15) is 24.6 Å². The van der Waals surface area contributed by atoms with Crippen LogP contribution in [0, 0.1) is 0 Å². The number of H-pyrrole nitrogens is 2. The van der Waals surface area contributed by atoms with Crippen LogP contribution < -0.4 is 21.3 Å². The average molecular weight is 605 g/mol. The number of phenols is 2. The summed E-state index contributed by atoms with van der Waals surface area (Å²) in [5, 5.41) is 33.8. The minimum absolute atomic E-state index is 0.102. The van der Waals surface area contributed by atoms with Gasteiger partial charge in [0.1, 0.15) is 17.5 Å². The van der Waals surface area contributed by atoms with Gasteiger partial charge in [0.2, 0.25) is 11.8 Å². The molecule has 6 rings (SSSR count). The van der Waals surface area contributed by atoms with E-state index in [0.717, 1.165) is 51.5 Å². The van der Waals surface area contributed by atoms with Crippen LogP contribution in [0.5, 0.6) is 11.5 Å². The first-order chi connectivity index (χ1) is 20.8. The Morgan fingerprint density at radius 2 is 1.65 bits per heavy atom. The molecule has 4 atom stereocenters. The molecular weight excluding hydrogens is 568 g/mol. The fourth-order valence-corrected chi connectivity index (χ4v) is 7.67. The van der Waals surface area contributed by atoms with Gasteiger partial charge in [-0.05, 0) is 66.8 Å². The van der Waals surface area contributed by atoms with E-state index in [4.69, 9.17) is 0 Å². The van der Waals surface area contributed by atoms with Crippen LogP contribution in [0.4, 0.5) is 4.79 Å². The molecule has 226 valence electrons. The van der Waals surface area contributed by atoms with Gasteiger partial charge in [0.15, 0.2) is 0 Å². The summed E-state index contributed by atoms with van der Waals surface area (Å²) >= 11 is 1.86. The van der Waals surface area contributed by atoms with E-state index < -0.39 is 6.04 Å². The summed E-state index contributed by atoms with van der Waals surface area (Å²) in [6.07, 6.45) is 7.23. The molecule has 2 aliphatic heterocycles. The van der Waals surface area contributed by atoms with E-state index in [1.807, 2.05) is 24.0 Å². The van der Waals surface area contributed by atoms with Crippen molar-refractivity contribution in [3.63, 3.8) is 0 Å². The molecule has 2 aromatic heterocycles. The second-order valence-corrected chi connectivity index (χ2v) is 12.6. The van der Waals surface area contributed by atoms with Crippen LogP contribution in [0.1, 0.15) is 36.8 Å². The second kappa shape index (κ2) is 12.5. The molecule has 0 radical (unpaired) electrons. The number of amides is 4. The summed E-state index contributed by atoms with van der Waals surface area (Å²) in [6.45, 7) is 0.356. The van der Waals surface area contributed by atoms with Gasteiger partial charge in [0.05, 0.1) is 12.1 Å². The minimum atomic E-state index is -0.799. The topological polar surface area (TPSA) is 171 Å². The van der Waals surface area contributed by atoms with E-state index in [0.29, 0.717) is 31.1 Å². The summed E-state index contributed by atoms with van der Waals surface area (Å²) in [7, 11) is 0. The zero-order valence-electron chi connectivity index (χ0n) is 23.6. The normalized spacial score (nSPS) is 20.1. The van der Waals surface area contributed by atoms with Crippen LogP contribution in [0.25, 0.3) is 21.8 Å². The molecule has 2 aliphatic rings. The van der Waals surface area contributed by atoms with Crippen LogP contribution >= 0.6 is 11.8 Å². The highest BCUT2D eigenvalue weighted by Crippen LogP contribution is 2.33. The molecule has 2 saturated heterocycles. The Morgan fingerprint density at radius 1 is 0.953 bits per heavy atom. The highest BCUT2D eigenvalue weighted by Gasteiger charge is 2.42. The molecule has 2 fully saturated rings. The number of rotatable bonds is 12. The second-order valence-electron chi connectivity index (χ2n) is 11.3. The van der Waals surface area contributed by atoms with Gasteiger partial charge < -0.3 is 41.4 Å². The molecule has 4 aromatic rings. The van der Waals surface area contributed by atoms with Crippen molar-refractivity contribution in [2.75, 3.05) is 12.3 Å². The van der Waals surface area contributed by atoms with Crippen LogP contribution in [0.15, 0.2) is 48.8 Å². The molecule has 11 nitrogen and oxygen atoms in total. The molecule has 43 heavy (non-hydrogen) atoms. The van der Waals surface area contributed by atoms with E-state index in [1.165, 1.54) is 0 Å². The highest BCUT2D eigenvalue weighted by atomic mass is 32.2. The SMILES string of the molecule is O=C(CCCC[C@@H]1SC[C@@H]2NC(=O)N[C@@H]21)N[C@@H](Cc1c[nH]c2ccc(O)cc12)C(=O)NCCc1c[nH]c2ccc(O)cc12. The molecular formula is C31H36N6O5S. The Balaban J connectivity index is 1.06. The van der Waals surface area contributed by atoms with Gasteiger partial charge in [0, 0.05) is 64.6 Å². The number of aromatic amines is 2. The number of thioether (sulfide) groups is 1. The molecule has 0 spiro atoms. The lowest BCUT2D eigenvalue weighted by molar-refractivity contribution is -0.129. The van der Waals surface area contributed by atoms with Gasteiger partial charge >= 0.3 is 6.03 Å². The van der Waals surface area contributed by atoms with Crippen molar-refractivity contribution in [2.45, 2.75) is 61.9 Å². The van der Waals surface area contributed by atoms with Gasteiger partial charge in [-0.3, -0.25) is 9.59 Å². The first kappa shape index (κ1) is 28.8. The maximum Gasteiger partial charge on any atom is 0.315 e. The lowest BCUT2D eigenvalue weighted by Crippen LogP contribution is -2.48. The number of carbonyl (C=O) groups is 3.